The van der Waals surface area contributed by atoms with Gasteiger partial charge < -0.3 is 19.8 Å². The summed E-state index contributed by atoms with van der Waals surface area (Å²) in [7, 11) is 1.66. The average molecular weight is 262 g/mol. The van der Waals surface area contributed by atoms with Crippen LogP contribution in [-0.2, 0) is 11.3 Å². The van der Waals surface area contributed by atoms with Gasteiger partial charge in [0.05, 0.1) is 19.4 Å². The second-order valence-corrected chi connectivity index (χ2v) is 4.07. The molecule has 6 heteroatoms. The summed E-state index contributed by atoms with van der Waals surface area (Å²) in [5.41, 5.74) is 0.900. The molecule has 0 saturated carbocycles. The first kappa shape index (κ1) is 13.4. The van der Waals surface area contributed by atoms with E-state index >= 15 is 0 Å². The van der Waals surface area contributed by atoms with Crippen LogP contribution in [0.2, 0.25) is 0 Å². The molecule has 0 aromatic carbocycles. The van der Waals surface area contributed by atoms with Gasteiger partial charge in [-0.05, 0) is 19.1 Å². The first-order valence-electron chi connectivity index (χ1n) is 6.12. The van der Waals surface area contributed by atoms with Crippen LogP contribution in [0.15, 0.2) is 28.9 Å². The number of nitrogens with zero attached hydrogens (tertiary/aromatic N) is 2. The zero-order valence-electron chi connectivity index (χ0n) is 11.1. The molecule has 0 aliphatic rings. The van der Waals surface area contributed by atoms with E-state index in [4.69, 9.17) is 9.15 Å². The highest BCUT2D eigenvalue weighted by atomic mass is 16.5. The lowest BCUT2D eigenvalue weighted by molar-refractivity contribution is 0.210. The van der Waals surface area contributed by atoms with Gasteiger partial charge in [-0.2, -0.15) is 4.98 Å². The lowest BCUT2D eigenvalue weighted by Gasteiger charge is -2.08. The van der Waals surface area contributed by atoms with Crippen molar-refractivity contribution >= 4 is 11.8 Å². The number of hydrogen-bond acceptors (Lipinski definition) is 6. The lowest BCUT2D eigenvalue weighted by atomic mass is 10.4. The monoisotopic (exact) mass is 262 g/mol. The maximum atomic E-state index is 5.26. The Kier molecular flexibility index (Phi) is 4.74. The number of ether oxygens (including phenoxy) is 1. The smallest absolute Gasteiger partial charge is 0.224 e. The first-order valence-corrected chi connectivity index (χ1v) is 6.12. The third kappa shape index (κ3) is 4.26. The Morgan fingerprint density at radius 1 is 1.32 bits per heavy atom. The van der Waals surface area contributed by atoms with Crippen LogP contribution in [0.25, 0.3) is 0 Å². The summed E-state index contributed by atoms with van der Waals surface area (Å²) in [6.07, 6.45) is 1.65. The summed E-state index contributed by atoms with van der Waals surface area (Å²) in [4.78, 5) is 8.68. The maximum Gasteiger partial charge on any atom is 0.224 e. The molecule has 2 rings (SSSR count). The molecule has 0 spiro atoms. The van der Waals surface area contributed by atoms with Crippen LogP contribution in [-0.4, -0.2) is 30.2 Å². The van der Waals surface area contributed by atoms with E-state index in [0.29, 0.717) is 25.6 Å². The van der Waals surface area contributed by atoms with Gasteiger partial charge >= 0.3 is 0 Å². The molecule has 0 bridgehead atoms. The van der Waals surface area contributed by atoms with Gasteiger partial charge in [0.15, 0.2) is 0 Å². The number of anilines is 2. The highest BCUT2D eigenvalue weighted by Gasteiger charge is 2.02. The van der Waals surface area contributed by atoms with Gasteiger partial charge in [0, 0.05) is 25.4 Å². The highest BCUT2D eigenvalue weighted by Crippen LogP contribution is 2.11. The maximum absolute atomic E-state index is 5.26. The summed E-state index contributed by atoms with van der Waals surface area (Å²) in [6.45, 7) is 3.83. The van der Waals surface area contributed by atoms with Gasteiger partial charge in [0.25, 0.3) is 0 Å². The number of methoxy groups -OCH3 is 1. The third-order valence-corrected chi connectivity index (χ3v) is 2.47. The van der Waals surface area contributed by atoms with Crippen molar-refractivity contribution in [1.29, 1.82) is 0 Å². The lowest BCUT2D eigenvalue weighted by Crippen LogP contribution is -2.12. The van der Waals surface area contributed by atoms with Gasteiger partial charge in [-0.25, -0.2) is 4.98 Å². The van der Waals surface area contributed by atoms with Crippen LogP contribution in [0.4, 0.5) is 11.8 Å². The Balaban J connectivity index is 1.95. The van der Waals surface area contributed by atoms with E-state index in [1.165, 1.54) is 0 Å². The molecule has 2 N–H and O–H groups in total. The quantitative estimate of drug-likeness (QED) is 0.744. The molecule has 0 aliphatic carbocycles. The molecule has 0 unspecified atom stereocenters. The number of aromatic nitrogens is 2. The van der Waals surface area contributed by atoms with E-state index in [1.807, 2.05) is 25.1 Å². The molecule has 102 valence electrons. The molecule has 2 aromatic rings. The SMILES string of the molecule is COCCNc1nc(C)cc(NCc2ccco2)n1. The van der Waals surface area contributed by atoms with Crippen molar-refractivity contribution < 1.29 is 9.15 Å². The number of hydrogen-bond donors (Lipinski definition) is 2. The topological polar surface area (TPSA) is 72.2 Å². The number of rotatable bonds is 7. The number of furan rings is 1. The molecule has 0 aliphatic heterocycles. The normalized spacial score (nSPS) is 10.4. The second-order valence-electron chi connectivity index (χ2n) is 4.07. The molecule has 0 radical (unpaired) electrons. The molecule has 6 nitrogen and oxygen atoms in total. The van der Waals surface area contributed by atoms with Crippen LogP contribution in [0, 0.1) is 6.92 Å². The largest absolute Gasteiger partial charge is 0.467 e. The molecule has 2 heterocycles. The Labute approximate surface area is 112 Å². The summed E-state index contributed by atoms with van der Waals surface area (Å²) < 4.78 is 10.2. The van der Waals surface area contributed by atoms with Crippen molar-refractivity contribution in [3.05, 3.63) is 35.9 Å². The van der Waals surface area contributed by atoms with E-state index in [2.05, 4.69) is 20.6 Å². The predicted octanol–water partition coefficient (Wildman–Crippen LogP) is 2.05. The third-order valence-electron chi connectivity index (χ3n) is 2.47. The number of nitrogens with one attached hydrogen (secondary N) is 2. The van der Waals surface area contributed by atoms with Crippen molar-refractivity contribution in [2.75, 3.05) is 30.9 Å². The molecule has 0 saturated heterocycles. The zero-order chi connectivity index (χ0) is 13.5. The molecular formula is C13H18N4O2. The minimum atomic E-state index is 0.596. The minimum absolute atomic E-state index is 0.596. The molecule has 2 aromatic heterocycles. The first-order chi connectivity index (χ1) is 9.28. The fourth-order valence-corrected chi connectivity index (χ4v) is 1.59. The standard InChI is InChI=1S/C13H18N4O2/c1-10-8-12(15-9-11-4-3-6-19-11)17-13(16-10)14-5-7-18-2/h3-4,6,8H,5,7,9H2,1-2H3,(H2,14,15,16,17). The molecule has 0 atom stereocenters. The Hall–Kier alpha value is -2.08. The Bertz CT molecular complexity index is 499. The van der Waals surface area contributed by atoms with E-state index in [1.54, 1.807) is 13.4 Å². The van der Waals surface area contributed by atoms with Crippen LogP contribution in [0.5, 0.6) is 0 Å². The van der Waals surface area contributed by atoms with Gasteiger partial charge in [-0.3, -0.25) is 0 Å². The van der Waals surface area contributed by atoms with Crippen LogP contribution in [0.3, 0.4) is 0 Å². The fraction of sp³-hybridized carbons (Fsp3) is 0.385. The zero-order valence-corrected chi connectivity index (χ0v) is 11.1. The molecule has 0 amide bonds. The molecular weight excluding hydrogens is 244 g/mol. The summed E-state index contributed by atoms with van der Waals surface area (Å²) in [6, 6.07) is 5.67. The van der Waals surface area contributed by atoms with E-state index in [9.17, 15) is 0 Å². The van der Waals surface area contributed by atoms with Gasteiger partial charge in [-0.15, -0.1) is 0 Å². The van der Waals surface area contributed by atoms with Crippen molar-refractivity contribution in [3.63, 3.8) is 0 Å². The van der Waals surface area contributed by atoms with Gasteiger partial charge in [0.1, 0.15) is 11.6 Å². The minimum Gasteiger partial charge on any atom is -0.467 e. The van der Waals surface area contributed by atoms with Crippen LogP contribution < -0.4 is 10.6 Å². The Morgan fingerprint density at radius 3 is 2.95 bits per heavy atom. The van der Waals surface area contributed by atoms with Crippen molar-refractivity contribution in [3.8, 4) is 0 Å². The molecule has 19 heavy (non-hydrogen) atoms. The summed E-state index contributed by atoms with van der Waals surface area (Å²) >= 11 is 0. The van der Waals surface area contributed by atoms with Gasteiger partial charge in [0.2, 0.25) is 5.95 Å². The van der Waals surface area contributed by atoms with Crippen molar-refractivity contribution in [2.45, 2.75) is 13.5 Å². The van der Waals surface area contributed by atoms with Crippen molar-refractivity contribution in [1.82, 2.24) is 9.97 Å². The van der Waals surface area contributed by atoms with E-state index < -0.39 is 0 Å². The number of aryl methyl sites for hydroxylation is 1. The van der Waals surface area contributed by atoms with Crippen LogP contribution >= 0.6 is 0 Å². The average Bonchev–Trinajstić information content (AvgIpc) is 2.89. The predicted molar refractivity (Wildman–Crippen MR) is 73.2 cm³/mol. The highest BCUT2D eigenvalue weighted by molar-refractivity contribution is 5.42. The van der Waals surface area contributed by atoms with E-state index in [0.717, 1.165) is 17.3 Å². The molecule has 0 fully saturated rings. The summed E-state index contributed by atoms with van der Waals surface area (Å²) in [5.74, 6) is 2.23. The summed E-state index contributed by atoms with van der Waals surface area (Å²) in [5, 5.41) is 6.31. The Morgan fingerprint density at radius 2 is 2.21 bits per heavy atom. The second kappa shape index (κ2) is 6.75. The van der Waals surface area contributed by atoms with Crippen LogP contribution in [0.1, 0.15) is 11.5 Å². The van der Waals surface area contributed by atoms with E-state index in [-0.39, 0.29) is 0 Å². The van der Waals surface area contributed by atoms with Crippen molar-refractivity contribution in [2.24, 2.45) is 0 Å². The fourth-order valence-electron chi connectivity index (χ4n) is 1.59. The van der Waals surface area contributed by atoms with Gasteiger partial charge in [-0.1, -0.05) is 0 Å².